The molecular weight excluding hydrogens is 428 g/mol. The first kappa shape index (κ1) is 22.1. The van der Waals surface area contributed by atoms with Gasteiger partial charge in [-0.1, -0.05) is 37.3 Å². The molecule has 4 rings (SSSR count). The van der Waals surface area contributed by atoms with E-state index >= 15 is 0 Å². The van der Waals surface area contributed by atoms with E-state index in [1.807, 2.05) is 12.1 Å². The quantitative estimate of drug-likeness (QED) is 0.567. The van der Waals surface area contributed by atoms with Gasteiger partial charge in [0.05, 0.1) is 16.8 Å². The van der Waals surface area contributed by atoms with Gasteiger partial charge in [-0.3, -0.25) is 9.36 Å². The molecule has 0 N–H and O–H groups in total. The second-order valence-electron chi connectivity index (χ2n) is 8.09. The van der Waals surface area contributed by atoms with Crippen molar-refractivity contribution in [3.05, 3.63) is 64.6 Å². The van der Waals surface area contributed by atoms with E-state index in [2.05, 4.69) is 24.0 Å². The van der Waals surface area contributed by atoms with E-state index in [1.165, 1.54) is 15.8 Å². The van der Waals surface area contributed by atoms with Crippen LogP contribution in [0.3, 0.4) is 0 Å². The number of hydrogen-bond acceptors (Lipinski definition) is 5. The van der Waals surface area contributed by atoms with Crippen LogP contribution in [-0.2, 0) is 21.4 Å². The number of amides is 1. The molecule has 3 aromatic rings. The highest BCUT2D eigenvalue weighted by Gasteiger charge is 2.26. The first-order valence-corrected chi connectivity index (χ1v) is 12.5. The Hall–Kier alpha value is -3.07. The van der Waals surface area contributed by atoms with E-state index in [1.54, 1.807) is 36.1 Å². The van der Waals surface area contributed by atoms with Gasteiger partial charge in [0.25, 0.3) is 0 Å². The molecule has 9 heteroatoms. The molecule has 1 aromatic heterocycles. The summed E-state index contributed by atoms with van der Waals surface area (Å²) >= 11 is 0. The number of para-hydroxylation sites is 3. The fraction of sp³-hybridized carbons (Fsp3) is 0.391. The zero-order valence-corrected chi connectivity index (χ0v) is 19.2. The van der Waals surface area contributed by atoms with Gasteiger partial charge < -0.3 is 9.80 Å². The van der Waals surface area contributed by atoms with Crippen molar-refractivity contribution in [2.45, 2.75) is 26.8 Å². The largest absolute Gasteiger partial charge is 0.368 e. The van der Waals surface area contributed by atoms with Gasteiger partial charge in [0.2, 0.25) is 15.9 Å². The Bertz CT molecular complexity index is 1300. The number of benzene rings is 2. The average Bonchev–Trinajstić information content (AvgIpc) is 3.06. The number of piperazine rings is 1. The van der Waals surface area contributed by atoms with Gasteiger partial charge in [-0.05, 0) is 37.1 Å². The van der Waals surface area contributed by atoms with Gasteiger partial charge in [0.15, 0.2) is 0 Å². The number of imidazole rings is 1. The van der Waals surface area contributed by atoms with Crippen LogP contribution in [0, 0.1) is 6.92 Å². The minimum Gasteiger partial charge on any atom is -0.368 e. The number of hydrogen-bond donors (Lipinski definition) is 0. The summed E-state index contributed by atoms with van der Waals surface area (Å²) < 4.78 is 27.5. The molecule has 1 aliphatic heterocycles. The van der Waals surface area contributed by atoms with E-state index in [9.17, 15) is 18.0 Å². The topological polar surface area (TPSA) is 84.6 Å². The predicted octanol–water partition coefficient (Wildman–Crippen LogP) is 2.05. The molecule has 2 aromatic carbocycles. The molecule has 1 saturated heterocycles. The molecule has 0 spiro atoms. The van der Waals surface area contributed by atoms with Crippen molar-refractivity contribution >= 4 is 32.7 Å². The number of anilines is 1. The fourth-order valence-electron chi connectivity index (χ4n) is 4.30. The number of aryl methyl sites for hydroxylation is 1. The summed E-state index contributed by atoms with van der Waals surface area (Å²) in [6.45, 7) is 6.15. The summed E-state index contributed by atoms with van der Waals surface area (Å²) in [5, 5.41) is 0. The lowest BCUT2D eigenvalue weighted by atomic mass is 10.1. The second-order valence-corrected chi connectivity index (χ2v) is 10.0. The normalized spacial score (nSPS) is 14.8. The number of carbonyl (C=O) groups is 1. The van der Waals surface area contributed by atoms with Crippen molar-refractivity contribution in [2.24, 2.45) is 0 Å². The lowest BCUT2D eigenvalue weighted by Crippen LogP contribution is -2.50. The number of rotatable bonds is 6. The standard InChI is InChI=1S/C23H28N4O4S/c1-3-16-32(30,31)27-21-11-7-6-10-20(21)26(23(27)29)17-22(28)25-14-12-24(13-15-25)19-9-5-4-8-18(19)2/h4-11H,3,12-17H2,1-2H3. The van der Waals surface area contributed by atoms with Crippen LogP contribution in [0.15, 0.2) is 53.3 Å². The molecule has 1 aliphatic rings. The van der Waals surface area contributed by atoms with Crippen LogP contribution in [0.5, 0.6) is 0 Å². The van der Waals surface area contributed by atoms with Crippen molar-refractivity contribution in [1.29, 1.82) is 0 Å². The van der Waals surface area contributed by atoms with Gasteiger partial charge in [-0.15, -0.1) is 0 Å². The van der Waals surface area contributed by atoms with E-state index in [0.29, 0.717) is 43.6 Å². The van der Waals surface area contributed by atoms with Crippen molar-refractivity contribution < 1.29 is 13.2 Å². The van der Waals surface area contributed by atoms with Crippen LogP contribution in [-0.4, -0.2) is 59.7 Å². The van der Waals surface area contributed by atoms with Gasteiger partial charge in [-0.25, -0.2) is 13.2 Å². The first-order chi connectivity index (χ1) is 15.3. The number of aromatic nitrogens is 2. The van der Waals surface area contributed by atoms with Crippen LogP contribution in [0.4, 0.5) is 5.69 Å². The van der Waals surface area contributed by atoms with Gasteiger partial charge >= 0.3 is 5.69 Å². The van der Waals surface area contributed by atoms with Crippen molar-refractivity contribution in [2.75, 3.05) is 36.8 Å². The summed E-state index contributed by atoms with van der Waals surface area (Å²) in [6.07, 6.45) is 0.401. The molecule has 1 amide bonds. The summed E-state index contributed by atoms with van der Waals surface area (Å²) in [5.41, 5.74) is 2.43. The maximum Gasteiger partial charge on any atom is 0.343 e. The van der Waals surface area contributed by atoms with Crippen molar-refractivity contribution in [3.63, 3.8) is 0 Å². The summed E-state index contributed by atoms with van der Waals surface area (Å²) in [7, 11) is -3.80. The molecule has 2 heterocycles. The highest BCUT2D eigenvalue weighted by molar-refractivity contribution is 7.90. The van der Waals surface area contributed by atoms with Crippen LogP contribution < -0.4 is 10.6 Å². The van der Waals surface area contributed by atoms with E-state index in [4.69, 9.17) is 0 Å². The molecule has 0 unspecified atom stereocenters. The molecule has 0 bridgehead atoms. The molecule has 8 nitrogen and oxygen atoms in total. The molecule has 0 aliphatic carbocycles. The molecule has 32 heavy (non-hydrogen) atoms. The number of carbonyl (C=O) groups excluding carboxylic acids is 1. The van der Waals surface area contributed by atoms with Crippen LogP contribution >= 0.6 is 0 Å². The molecule has 1 fully saturated rings. The SMILES string of the molecule is CCCS(=O)(=O)n1c(=O)n(CC(=O)N2CCN(c3ccccc3C)CC2)c2ccccc21. The molecule has 0 saturated carbocycles. The van der Waals surface area contributed by atoms with E-state index in [0.717, 1.165) is 3.97 Å². The van der Waals surface area contributed by atoms with Crippen LogP contribution in [0.25, 0.3) is 11.0 Å². The van der Waals surface area contributed by atoms with Gasteiger partial charge in [-0.2, -0.15) is 3.97 Å². The predicted molar refractivity (Wildman–Crippen MR) is 126 cm³/mol. The summed E-state index contributed by atoms with van der Waals surface area (Å²) in [4.78, 5) is 30.1. The zero-order chi connectivity index (χ0) is 22.9. The maximum atomic E-state index is 13.1. The Kier molecular flexibility index (Phi) is 6.10. The minimum absolute atomic E-state index is 0.129. The molecule has 170 valence electrons. The highest BCUT2D eigenvalue weighted by atomic mass is 32.2. The zero-order valence-electron chi connectivity index (χ0n) is 18.4. The number of fused-ring (bicyclic) bond motifs is 1. The molecular formula is C23H28N4O4S. The Morgan fingerprint density at radius 2 is 1.56 bits per heavy atom. The summed E-state index contributed by atoms with van der Waals surface area (Å²) in [5.74, 6) is -0.317. The Balaban J connectivity index is 1.56. The van der Waals surface area contributed by atoms with E-state index < -0.39 is 15.7 Å². The maximum absolute atomic E-state index is 13.1. The third-order valence-electron chi connectivity index (χ3n) is 5.92. The van der Waals surface area contributed by atoms with Gasteiger partial charge in [0.1, 0.15) is 6.54 Å². The van der Waals surface area contributed by atoms with Crippen LogP contribution in [0.2, 0.25) is 0 Å². The first-order valence-electron chi connectivity index (χ1n) is 10.9. The highest BCUT2D eigenvalue weighted by Crippen LogP contribution is 2.21. The van der Waals surface area contributed by atoms with Gasteiger partial charge in [0, 0.05) is 31.9 Å². The van der Waals surface area contributed by atoms with E-state index in [-0.39, 0.29) is 18.2 Å². The molecule has 0 atom stereocenters. The fourth-order valence-corrected chi connectivity index (χ4v) is 5.79. The Morgan fingerprint density at radius 3 is 2.22 bits per heavy atom. The lowest BCUT2D eigenvalue weighted by molar-refractivity contribution is -0.132. The summed E-state index contributed by atoms with van der Waals surface area (Å²) in [6, 6.07) is 14.9. The van der Waals surface area contributed by atoms with Crippen molar-refractivity contribution in [1.82, 2.24) is 13.4 Å². The Morgan fingerprint density at radius 1 is 0.938 bits per heavy atom. The Labute approximate surface area is 187 Å². The van der Waals surface area contributed by atoms with Crippen LogP contribution in [0.1, 0.15) is 18.9 Å². The monoisotopic (exact) mass is 456 g/mol. The third-order valence-corrected chi connectivity index (χ3v) is 7.75. The lowest BCUT2D eigenvalue weighted by Gasteiger charge is -2.36. The average molecular weight is 457 g/mol. The minimum atomic E-state index is -3.80. The smallest absolute Gasteiger partial charge is 0.343 e. The molecule has 0 radical (unpaired) electrons. The number of nitrogens with zero attached hydrogens (tertiary/aromatic N) is 4. The van der Waals surface area contributed by atoms with Crippen molar-refractivity contribution in [3.8, 4) is 0 Å². The second kappa shape index (κ2) is 8.82. The third kappa shape index (κ3) is 4.04.